The molecule has 0 spiro atoms. The van der Waals surface area contributed by atoms with E-state index in [1.807, 2.05) is 43.2 Å². The number of nitrogens with zero attached hydrogens (tertiary/aromatic N) is 1. The van der Waals surface area contributed by atoms with E-state index >= 15 is 0 Å². The molecule has 1 fully saturated rings. The van der Waals surface area contributed by atoms with Crippen LogP contribution in [-0.2, 0) is 11.2 Å². The van der Waals surface area contributed by atoms with Crippen molar-refractivity contribution in [3.05, 3.63) is 59.9 Å². The molecule has 0 bridgehead atoms. The number of hydrogen-bond donors (Lipinski definition) is 1. The summed E-state index contributed by atoms with van der Waals surface area (Å²) in [7, 11) is 0. The van der Waals surface area contributed by atoms with Crippen molar-refractivity contribution in [1.29, 1.82) is 0 Å². The first-order valence-corrected chi connectivity index (χ1v) is 10.7. The summed E-state index contributed by atoms with van der Waals surface area (Å²) < 4.78 is 17.0. The Bertz CT molecular complexity index is 795. The molecular formula is C22H27FN2OS. The number of likely N-dealkylation sites (tertiary alicyclic amines) is 1. The lowest BCUT2D eigenvalue weighted by molar-refractivity contribution is -0.135. The summed E-state index contributed by atoms with van der Waals surface area (Å²) in [5, 5.41) is 0. The van der Waals surface area contributed by atoms with Crippen LogP contribution in [-0.4, -0.2) is 35.7 Å². The van der Waals surface area contributed by atoms with Crippen molar-refractivity contribution in [2.75, 3.05) is 12.8 Å². The molecule has 0 aliphatic carbocycles. The van der Waals surface area contributed by atoms with Crippen LogP contribution in [0.1, 0.15) is 25.8 Å². The predicted octanol–water partition coefficient (Wildman–Crippen LogP) is 4.53. The van der Waals surface area contributed by atoms with E-state index in [0.29, 0.717) is 0 Å². The Morgan fingerprint density at radius 2 is 1.93 bits per heavy atom. The zero-order valence-corrected chi connectivity index (χ0v) is 16.9. The fourth-order valence-corrected chi connectivity index (χ4v) is 4.37. The van der Waals surface area contributed by atoms with E-state index in [0.717, 1.165) is 36.1 Å². The molecule has 2 aromatic rings. The Kier molecular flexibility index (Phi) is 6.55. The van der Waals surface area contributed by atoms with Crippen LogP contribution in [0.25, 0.3) is 11.1 Å². The van der Waals surface area contributed by atoms with E-state index in [1.54, 1.807) is 24.1 Å². The number of benzene rings is 2. The fraction of sp³-hybridized carbons (Fsp3) is 0.409. The first kappa shape index (κ1) is 19.9. The summed E-state index contributed by atoms with van der Waals surface area (Å²) in [6, 6.07) is 15.3. The second-order valence-corrected chi connectivity index (χ2v) is 8.03. The highest BCUT2D eigenvalue weighted by Gasteiger charge is 2.37. The molecule has 1 aliphatic heterocycles. The number of carbonyl (C=O) groups excluding carboxylic acids is 1. The average molecular weight is 387 g/mol. The lowest BCUT2D eigenvalue weighted by Crippen LogP contribution is -2.45. The molecule has 1 N–H and O–H groups in total. The van der Waals surface area contributed by atoms with E-state index in [2.05, 4.69) is 16.9 Å². The Hall–Kier alpha value is -1.85. The van der Waals surface area contributed by atoms with Crippen molar-refractivity contribution >= 4 is 17.9 Å². The maximum atomic E-state index is 13.6. The average Bonchev–Trinajstić information content (AvgIpc) is 3.04. The molecule has 5 heteroatoms. The lowest BCUT2D eigenvalue weighted by atomic mass is 9.96. The minimum absolute atomic E-state index is 0.000780. The van der Waals surface area contributed by atoms with Crippen molar-refractivity contribution in [2.45, 2.75) is 38.8 Å². The SMILES string of the molecule is CSNC1CCN(C(=O)C(C)C)C1Cc1cccc(-c2cccc(F)c2)c1. The standard InChI is InChI=1S/C22H27FN2OS/c1-15(2)22(26)25-11-10-20(24-27-3)21(25)13-16-6-4-7-17(12-16)18-8-5-9-19(23)14-18/h4-9,12,14-15,20-21,24H,10-11,13H2,1-3H3. The van der Waals surface area contributed by atoms with Crippen LogP contribution < -0.4 is 4.72 Å². The zero-order chi connectivity index (χ0) is 19.4. The zero-order valence-electron chi connectivity index (χ0n) is 16.1. The molecule has 3 nitrogen and oxygen atoms in total. The van der Waals surface area contributed by atoms with Gasteiger partial charge in [0.25, 0.3) is 0 Å². The van der Waals surface area contributed by atoms with Crippen LogP contribution in [0.5, 0.6) is 0 Å². The summed E-state index contributed by atoms with van der Waals surface area (Å²) in [5.41, 5.74) is 3.04. The minimum atomic E-state index is -0.230. The molecule has 1 saturated heterocycles. The van der Waals surface area contributed by atoms with Crippen LogP contribution in [0.15, 0.2) is 48.5 Å². The largest absolute Gasteiger partial charge is 0.337 e. The van der Waals surface area contributed by atoms with Crippen molar-refractivity contribution < 1.29 is 9.18 Å². The number of hydrogen-bond acceptors (Lipinski definition) is 3. The van der Waals surface area contributed by atoms with Gasteiger partial charge in [-0.3, -0.25) is 9.52 Å². The molecule has 0 aromatic heterocycles. The molecule has 144 valence electrons. The van der Waals surface area contributed by atoms with Crippen LogP contribution in [0.2, 0.25) is 0 Å². The number of halogens is 1. The molecule has 2 aromatic carbocycles. The quantitative estimate of drug-likeness (QED) is 0.741. The molecule has 3 rings (SSSR count). The molecule has 1 amide bonds. The third-order valence-corrected chi connectivity index (χ3v) is 5.66. The van der Waals surface area contributed by atoms with Crippen LogP contribution in [0.4, 0.5) is 4.39 Å². The third kappa shape index (κ3) is 4.71. The highest BCUT2D eigenvalue weighted by atomic mass is 32.2. The maximum Gasteiger partial charge on any atom is 0.225 e. The van der Waals surface area contributed by atoms with Gasteiger partial charge in [0.2, 0.25) is 5.91 Å². The van der Waals surface area contributed by atoms with Crippen LogP contribution >= 0.6 is 11.9 Å². The second kappa shape index (κ2) is 8.89. The summed E-state index contributed by atoms with van der Waals surface area (Å²) >= 11 is 1.61. The highest BCUT2D eigenvalue weighted by Crippen LogP contribution is 2.27. The van der Waals surface area contributed by atoms with Gasteiger partial charge in [0.1, 0.15) is 5.82 Å². The number of amides is 1. The van der Waals surface area contributed by atoms with Crippen LogP contribution in [0.3, 0.4) is 0 Å². The van der Waals surface area contributed by atoms with E-state index in [9.17, 15) is 9.18 Å². The predicted molar refractivity (Wildman–Crippen MR) is 111 cm³/mol. The normalized spacial score (nSPS) is 19.7. The van der Waals surface area contributed by atoms with E-state index in [-0.39, 0.29) is 29.7 Å². The summed E-state index contributed by atoms with van der Waals surface area (Å²) in [5.74, 6) is -0.0162. The van der Waals surface area contributed by atoms with Gasteiger partial charge in [0, 0.05) is 18.5 Å². The molecule has 1 aliphatic rings. The Labute approximate surface area is 165 Å². The molecule has 2 unspecified atom stereocenters. The molecule has 27 heavy (non-hydrogen) atoms. The van der Waals surface area contributed by atoms with E-state index in [4.69, 9.17) is 0 Å². The van der Waals surface area contributed by atoms with Crippen molar-refractivity contribution in [3.63, 3.8) is 0 Å². The number of nitrogens with one attached hydrogen (secondary N) is 1. The van der Waals surface area contributed by atoms with Gasteiger partial charge in [-0.25, -0.2) is 4.39 Å². The Balaban J connectivity index is 1.84. The first-order chi connectivity index (χ1) is 13.0. The summed E-state index contributed by atoms with van der Waals surface area (Å²) in [4.78, 5) is 14.7. The summed E-state index contributed by atoms with van der Waals surface area (Å²) in [6.07, 6.45) is 3.78. The van der Waals surface area contributed by atoms with Crippen molar-refractivity contribution in [3.8, 4) is 11.1 Å². The van der Waals surface area contributed by atoms with Crippen molar-refractivity contribution in [1.82, 2.24) is 9.62 Å². The summed E-state index contributed by atoms with van der Waals surface area (Å²) in [6.45, 7) is 4.71. The molecular weight excluding hydrogens is 359 g/mol. The number of rotatable bonds is 6. The van der Waals surface area contributed by atoms with Gasteiger partial charge in [-0.15, -0.1) is 0 Å². The van der Waals surface area contributed by atoms with Gasteiger partial charge >= 0.3 is 0 Å². The first-order valence-electron chi connectivity index (χ1n) is 9.43. The highest BCUT2D eigenvalue weighted by molar-refractivity contribution is 7.96. The minimum Gasteiger partial charge on any atom is -0.337 e. The van der Waals surface area contributed by atoms with E-state index < -0.39 is 0 Å². The van der Waals surface area contributed by atoms with E-state index in [1.165, 1.54) is 6.07 Å². The number of carbonyl (C=O) groups is 1. The lowest BCUT2D eigenvalue weighted by Gasteiger charge is -2.30. The van der Waals surface area contributed by atoms with Gasteiger partial charge in [0.05, 0.1) is 6.04 Å². The van der Waals surface area contributed by atoms with Crippen LogP contribution in [0, 0.1) is 11.7 Å². The molecule has 0 saturated carbocycles. The van der Waals surface area contributed by atoms with Gasteiger partial charge in [-0.2, -0.15) is 0 Å². The molecule has 0 radical (unpaired) electrons. The monoisotopic (exact) mass is 386 g/mol. The fourth-order valence-electron chi connectivity index (χ4n) is 3.79. The Morgan fingerprint density at radius 3 is 2.59 bits per heavy atom. The van der Waals surface area contributed by atoms with Gasteiger partial charge in [-0.1, -0.05) is 62.2 Å². The third-order valence-electron chi connectivity index (χ3n) is 5.12. The van der Waals surface area contributed by atoms with Gasteiger partial charge < -0.3 is 4.90 Å². The van der Waals surface area contributed by atoms with Gasteiger partial charge in [0.15, 0.2) is 0 Å². The maximum absolute atomic E-state index is 13.6. The smallest absolute Gasteiger partial charge is 0.225 e. The van der Waals surface area contributed by atoms with Crippen molar-refractivity contribution in [2.24, 2.45) is 5.92 Å². The van der Waals surface area contributed by atoms with Gasteiger partial charge in [-0.05, 0) is 47.9 Å². The molecule has 1 heterocycles. The Morgan fingerprint density at radius 1 is 1.22 bits per heavy atom. The topological polar surface area (TPSA) is 32.3 Å². The molecule has 2 atom stereocenters. The second-order valence-electron chi connectivity index (χ2n) is 7.39.